The van der Waals surface area contributed by atoms with E-state index >= 15 is 0 Å². The molecule has 7 heteroatoms. The van der Waals surface area contributed by atoms with Crippen molar-refractivity contribution in [3.05, 3.63) is 71.7 Å². The van der Waals surface area contributed by atoms with Crippen LogP contribution in [0.5, 0.6) is 0 Å². The normalized spacial score (nSPS) is 11.1. The molecule has 142 valence electrons. The molecule has 0 spiro atoms. The summed E-state index contributed by atoms with van der Waals surface area (Å²) in [5.74, 6) is 1.60. The summed E-state index contributed by atoms with van der Waals surface area (Å²) in [5.41, 5.74) is 3.72. The van der Waals surface area contributed by atoms with Crippen molar-refractivity contribution in [2.24, 2.45) is 7.05 Å². The van der Waals surface area contributed by atoms with E-state index in [2.05, 4.69) is 10.2 Å². The van der Waals surface area contributed by atoms with E-state index in [0.717, 1.165) is 22.6 Å². The van der Waals surface area contributed by atoms with Gasteiger partial charge >= 0.3 is 0 Å². The van der Waals surface area contributed by atoms with Gasteiger partial charge in [0.15, 0.2) is 16.7 Å². The molecule has 0 unspecified atom stereocenters. The number of nitrogens with zero attached hydrogens (tertiary/aromatic N) is 4. The highest BCUT2D eigenvalue weighted by molar-refractivity contribution is 7.99. The number of furan rings is 1. The molecule has 4 rings (SSSR count). The summed E-state index contributed by atoms with van der Waals surface area (Å²) in [5, 5.41) is 9.27. The molecule has 0 bridgehead atoms. The monoisotopic (exact) mass is 392 g/mol. The van der Waals surface area contributed by atoms with E-state index in [-0.39, 0.29) is 11.5 Å². The summed E-state index contributed by atoms with van der Waals surface area (Å²) >= 11 is 1.38. The lowest BCUT2D eigenvalue weighted by Crippen LogP contribution is -2.06. The maximum absolute atomic E-state index is 12.8. The number of aromatic nitrogens is 4. The van der Waals surface area contributed by atoms with Crippen LogP contribution in [0.3, 0.4) is 0 Å². The average Bonchev–Trinajstić information content (AvgIpc) is 3.43. The summed E-state index contributed by atoms with van der Waals surface area (Å²) in [6, 6.07) is 15.4. The van der Waals surface area contributed by atoms with Crippen LogP contribution < -0.4 is 0 Å². The number of hydrogen-bond acceptors (Lipinski definition) is 5. The van der Waals surface area contributed by atoms with Crippen LogP contribution in [0, 0.1) is 13.8 Å². The van der Waals surface area contributed by atoms with Crippen molar-refractivity contribution in [3.63, 3.8) is 0 Å². The maximum atomic E-state index is 12.8. The third kappa shape index (κ3) is 3.29. The second kappa shape index (κ2) is 7.52. The third-order valence-electron chi connectivity index (χ3n) is 4.80. The first-order valence-electron chi connectivity index (χ1n) is 8.90. The zero-order valence-corrected chi connectivity index (χ0v) is 16.7. The first kappa shape index (κ1) is 18.3. The van der Waals surface area contributed by atoms with E-state index in [9.17, 15) is 4.79 Å². The van der Waals surface area contributed by atoms with Crippen LogP contribution in [0.15, 0.2) is 64.4 Å². The molecule has 3 aromatic heterocycles. The second-order valence-corrected chi connectivity index (χ2v) is 7.45. The minimum atomic E-state index is 0.0772. The minimum absolute atomic E-state index is 0.0772. The molecule has 0 saturated heterocycles. The number of Topliss-reactive ketones (excluding diaryl/α,β-unsaturated/α-hetero) is 1. The lowest BCUT2D eigenvalue weighted by atomic mass is 10.2. The van der Waals surface area contributed by atoms with Gasteiger partial charge in [0, 0.05) is 29.7 Å². The fourth-order valence-electron chi connectivity index (χ4n) is 3.08. The van der Waals surface area contributed by atoms with Crippen molar-refractivity contribution >= 4 is 17.5 Å². The number of hydrogen-bond donors (Lipinski definition) is 0. The Bertz CT molecular complexity index is 1110. The smallest absolute Gasteiger partial charge is 0.205 e. The Balaban J connectivity index is 1.65. The van der Waals surface area contributed by atoms with E-state index < -0.39 is 0 Å². The molecule has 28 heavy (non-hydrogen) atoms. The highest BCUT2D eigenvalue weighted by atomic mass is 32.2. The molecule has 0 N–H and O–H groups in total. The van der Waals surface area contributed by atoms with Gasteiger partial charge in [0.1, 0.15) is 0 Å². The van der Waals surface area contributed by atoms with E-state index in [4.69, 9.17) is 4.42 Å². The van der Waals surface area contributed by atoms with Crippen LogP contribution >= 0.6 is 11.8 Å². The lowest BCUT2D eigenvalue weighted by Gasteiger charge is -2.09. The second-order valence-electron chi connectivity index (χ2n) is 6.51. The fraction of sp³-hybridized carbons (Fsp3) is 0.190. The van der Waals surface area contributed by atoms with Gasteiger partial charge in [0.05, 0.1) is 12.0 Å². The Morgan fingerprint density at radius 2 is 1.89 bits per heavy atom. The predicted molar refractivity (Wildman–Crippen MR) is 109 cm³/mol. The largest absolute Gasteiger partial charge is 0.461 e. The van der Waals surface area contributed by atoms with Crippen LogP contribution in [0.25, 0.3) is 17.3 Å². The van der Waals surface area contributed by atoms with Crippen LogP contribution in [0.1, 0.15) is 21.7 Å². The maximum Gasteiger partial charge on any atom is 0.205 e. The van der Waals surface area contributed by atoms with Crippen LogP contribution in [-0.2, 0) is 7.05 Å². The van der Waals surface area contributed by atoms with E-state index in [0.29, 0.717) is 16.7 Å². The molecule has 0 saturated carbocycles. The summed E-state index contributed by atoms with van der Waals surface area (Å²) < 4.78 is 9.46. The summed E-state index contributed by atoms with van der Waals surface area (Å²) in [7, 11) is 1.97. The molecule has 3 heterocycles. The van der Waals surface area contributed by atoms with E-state index in [1.165, 1.54) is 11.8 Å². The highest BCUT2D eigenvalue weighted by Crippen LogP contribution is 2.29. The van der Waals surface area contributed by atoms with Crippen LogP contribution in [-0.4, -0.2) is 30.9 Å². The summed E-state index contributed by atoms with van der Waals surface area (Å²) in [6.45, 7) is 3.96. The molecule has 0 aliphatic carbocycles. The van der Waals surface area contributed by atoms with Gasteiger partial charge in [-0.3, -0.25) is 9.36 Å². The number of aryl methyl sites for hydroxylation is 1. The average molecular weight is 392 g/mol. The molecular formula is C21H20N4O2S. The number of rotatable bonds is 6. The zero-order chi connectivity index (χ0) is 19.7. The van der Waals surface area contributed by atoms with Crippen LogP contribution in [0.4, 0.5) is 0 Å². The Morgan fingerprint density at radius 1 is 1.11 bits per heavy atom. The van der Waals surface area contributed by atoms with E-state index in [1.54, 1.807) is 6.26 Å². The topological polar surface area (TPSA) is 65.8 Å². The molecule has 0 aliphatic heterocycles. The predicted octanol–water partition coefficient (Wildman–Crippen LogP) is 4.46. The number of thioether (sulfide) groups is 1. The lowest BCUT2D eigenvalue weighted by molar-refractivity contribution is 0.102. The molecular weight excluding hydrogens is 372 g/mol. The van der Waals surface area contributed by atoms with Crippen molar-refractivity contribution < 1.29 is 9.21 Å². The summed E-state index contributed by atoms with van der Waals surface area (Å²) in [4.78, 5) is 12.8. The van der Waals surface area contributed by atoms with Gasteiger partial charge in [-0.25, -0.2) is 0 Å². The molecule has 0 atom stereocenters. The standard InChI is InChI=1S/C21H20N4O2S/c1-14-12-17(15(2)24(14)3)18(26)13-28-21-23-22-20(19-10-7-11-27-19)25(21)16-8-5-4-6-9-16/h4-12H,13H2,1-3H3. The van der Waals surface area contributed by atoms with Gasteiger partial charge in [-0.15, -0.1) is 10.2 Å². The van der Waals surface area contributed by atoms with Gasteiger partial charge in [0.2, 0.25) is 5.82 Å². The van der Waals surface area contributed by atoms with Crippen molar-refractivity contribution in [3.8, 4) is 17.3 Å². The molecule has 0 fully saturated rings. The van der Waals surface area contributed by atoms with Crippen LogP contribution in [0.2, 0.25) is 0 Å². The molecule has 0 radical (unpaired) electrons. The number of ketones is 1. The first-order chi connectivity index (χ1) is 13.6. The van der Waals surface area contributed by atoms with Crippen molar-refractivity contribution in [2.45, 2.75) is 19.0 Å². The molecule has 4 aromatic rings. The van der Waals surface area contributed by atoms with Crippen molar-refractivity contribution in [1.82, 2.24) is 19.3 Å². The van der Waals surface area contributed by atoms with Gasteiger partial charge in [-0.1, -0.05) is 30.0 Å². The highest BCUT2D eigenvalue weighted by Gasteiger charge is 2.20. The van der Waals surface area contributed by atoms with Crippen molar-refractivity contribution in [1.29, 1.82) is 0 Å². The Kier molecular flexibility index (Phi) is 4.92. The van der Waals surface area contributed by atoms with E-state index in [1.807, 2.05) is 78.6 Å². The number of para-hydroxylation sites is 1. The Morgan fingerprint density at radius 3 is 2.54 bits per heavy atom. The quantitative estimate of drug-likeness (QED) is 0.358. The fourth-order valence-corrected chi connectivity index (χ4v) is 3.92. The SMILES string of the molecule is Cc1cc(C(=O)CSc2nnc(-c3ccco3)n2-c2ccccc2)c(C)n1C. The zero-order valence-electron chi connectivity index (χ0n) is 15.9. The van der Waals surface area contributed by atoms with Gasteiger partial charge < -0.3 is 8.98 Å². The number of carbonyl (C=O) groups is 1. The Labute approximate surface area is 167 Å². The molecule has 1 aromatic carbocycles. The summed E-state index contributed by atoms with van der Waals surface area (Å²) in [6.07, 6.45) is 1.61. The molecule has 6 nitrogen and oxygen atoms in total. The molecule has 0 aliphatic rings. The number of benzene rings is 1. The van der Waals surface area contributed by atoms with Gasteiger partial charge in [0.25, 0.3) is 0 Å². The first-order valence-corrected chi connectivity index (χ1v) is 9.88. The van der Waals surface area contributed by atoms with Gasteiger partial charge in [-0.05, 0) is 44.2 Å². The van der Waals surface area contributed by atoms with Crippen molar-refractivity contribution in [2.75, 3.05) is 5.75 Å². The molecule has 0 amide bonds. The number of carbonyl (C=O) groups excluding carboxylic acids is 1. The van der Waals surface area contributed by atoms with Gasteiger partial charge in [-0.2, -0.15) is 0 Å². The Hall–Kier alpha value is -3.06. The third-order valence-corrected chi connectivity index (χ3v) is 5.73. The minimum Gasteiger partial charge on any atom is -0.461 e.